The highest BCUT2D eigenvalue weighted by Gasteiger charge is 2.48. The van der Waals surface area contributed by atoms with Gasteiger partial charge in [0, 0.05) is 5.56 Å². The van der Waals surface area contributed by atoms with Crippen LogP contribution in [0.3, 0.4) is 0 Å². The topological polar surface area (TPSA) is 18.5 Å². The van der Waals surface area contributed by atoms with Crippen LogP contribution < -0.4 is 9.47 Å². The number of fused-ring (bicyclic) bond motifs is 1. The number of alkyl halides is 1. The fraction of sp³-hybridized carbons (Fsp3) is 0.600. The van der Waals surface area contributed by atoms with Gasteiger partial charge in [-0.05, 0) is 65.1 Å². The molecule has 0 heterocycles. The molecule has 4 heteroatoms. The van der Waals surface area contributed by atoms with Gasteiger partial charge >= 0.3 is 0 Å². The summed E-state index contributed by atoms with van der Waals surface area (Å²) < 4.78 is 11.7. The lowest BCUT2D eigenvalue weighted by molar-refractivity contribution is 0.387. The smallest absolute Gasteiger partial charge is 0.133 e. The molecule has 0 radical (unpaired) electrons. The van der Waals surface area contributed by atoms with E-state index in [-0.39, 0.29) is 5.38 Å². The van der Waals surface area contributed by atoms with Gasteiger partial charge in [-0.1, -0.05) is 0 Å². The van der Waals surface area contributed by atoms with Gasteiger partial charge in [0.05, 0.1) is 24.1 Å². The van der Waals surface area contributed by atoms with E-state index in [1.54, 1.807) is 14.2 Å². The van der Waals surface area contributed by atoms with E-state index < -0.39 is 0 Å². The van der Waals surface area contributed by atoms with Gasteiger partial charge in [-0.2, -0.15) is 0 Å². The monoisotopic (exact) mass is 344 g/mol. The van der Waals surface area contributed by atoms with Crippen molar-refractivity contribution in [3.05, 3.63) is 22.2 Å². The van der Waals surface area contributed by atoms with E-state index in [1.807, 2.05) is 12.1 Å². The molecule has 0 N–H and O–H groups in total. The van der Waals surface area contributed by atoms with Crippen molar-refractivity contribution in [2.75, 3.05) is 14.2 Å². The van der Waals surface area contributed by atoms with Crippen molar-refractivity contribution in [3.8, 4) is 11.5 Å². The molecular weight excluding hydrogens is 328 g/mol. The zero-order valence-corrected chi connectivity index (χ0v) is 13.5. The van der Waals surface area contributed by atoms with Crippen molar-refractivity contribution in [3.63, 3.8) is 0 Å². The van der Waals surface area contributed by atoms with Crippen LogP contribution in [0.5, 0.6) is 11.5 Å². The first kappa shape index (κ1) is 13.6. The molecule has 0 aromatic heterocycles. The Balaban J connectivity index is 1.89. The Morgan fingerprint density at radius 1 is 1.11 bits per heavy atom. The summed E-state index contributed by atoms with van der Waals surface area (Å²) in [6.07, 6.45) is 3.95. The van der Waals surface area contributed by atoms with Crippen molar-refractivity contribution in [1.29, 1.82) is 0 Å². The molecule has 0 amide bonds. The molecule has 19 heavy (non-hydrogen) atoms. The lowest BCUT2D eigenvalue weighted by atomic mass is 9.93. The Bertz CT molecular complexity index is 481. The Morgan fingerprint density at radius 3 is 2.32 bits per heavy atom. The molecule has 2 nitrogen and oxygen atoms in total. The second kappa shape index (κ2) is 5.17. The molecule has 0 aliphatic heterocycles. The van der Waals surface area contributed by atoms with Crippen LogP contribution in [0.15, 0.2) is 16.6 Å². The summed E-state index contributed by atoms with van der Waals surface area (Å²) in [5, 5.41) is 0.0183. The van der Waals surface area contributed by atoms with Crippen LogP contribution in [0.1, 0.15) is 30.2 Å². The van der Waals surface area contributed by atoms with Gasteiger partial charge in [-0.3, -0.25) is 0 Å². The van der Waals surface area contributed by atoms with E-state index in [1.165, 1.54) is 19.3 Å². The van der Waals surface area contributed by atoms with Crippen LogP contribution >= 0.6 is 27.5 Å². The zero-order chi connectivity index (χ0) is 13.6. The van der Waals surface area contributed by atoms with E-state index in [0.29, 0.717) is 5.92 Å². The molecule has 0 saturated heterocycles. The first-order chi connectivity index (χ1) is 9.13. The molecule has 2 saturated carbocycles. The summed E-state index contributed by atoms with van der Waals surface area (Å²) in [7, 11) is 3.36. The highest BCUT2D eigenvalue weighted by Crippen LogP contribution is 2.59. The third-order valence-electron chi connectivity index (χ3n) is 4.50. The molecule has 1 aromatic carbocycles. The van der Waals surface area contributed by atoms with Gasteiger partial charge in [0.15, 0.2) is 0 Å². The molecule has 3 atom stereocenters. The quantitative estimate of drug-likeness (QED) is 0.730. The third kappa shape index (κ3) is 2.47. The Hall–Kier alpha value is -0.410. The first-order valence-corrected chi connectivity index (χ1v) is 7.92. The van der Waals surface area contributed by atoms with Gasteiger partial charge in [-0.25, -0.2) is 0 Å². The van der Waals surface area contributed by atoms with E-state index in [9.17, 15) is 0 Å². The molecule has 3 rings (SSSR count). The Kier molecular flexibility index (Phi) is 3.69. The molecular formula is C15H18BrClO2. The van der Waals surface area contributed by atoms with Crippen molar-refractivity contribution in [2.45, 2.75) is 24.6 Å². The first-order valence-electron chi connectivity index (χ1n) is 6.69. The standard InChI is InChI=1S/C15H18BrClO2/c1-18-13-7-12(16)14(19-2)6-11(13)15(17)10-4-8-3-9(8)5-10/h6-10,15H,3-5H2,1-2H3. The lowest BCUT2D eigenvalue weighted by Gasteiger charge is -2.22. The zero-order valence-electron chi connectivity index (χ0n) is 11.2. The normalized spacial score (nSPS) is 29.8. The number of halogens is 2. The maximum Gasteiger partial charge on any atom is 0.133 e. The van der Waals surface area contributed by atoms with Crippen molar-refractivity contribution in [1.82, 2.24) is 0 Å². The van der Waals surface area contributed by atoms with Crippen LogP contribution in [-0.4, -0.2) is 14.2 Å². The third-order valence-corrected chi connectivity index (χ3v) is 5.71. The van der Waals surface area contributed by atoms with Crippen molar-refractivity contribution < 1.29 is 9.47 Å². The number of rotatable bonds is 4. The van der Waals surface area contributed by atoms with Crippen LogP contribution in [0.25, 0.3) is 0 Å². The predicted molar refractivity (Wildman–Crippen MR) is 80.2 cm³/mol. The fourth-order valence-electron chi connectivity index (χ4n) is 3.35. The van der Waals surface area contributed by atoms with E-state index >= 15 is 0 Å². The average Bonchev–Trinajstić information content (AvgIpc) is 3.04. The predicted octanol–water partition coefficient (Wildman–Crippen LogP) is 4.79. The molecule has 104 valence electrons. The van der Waals surface area contributed by atoms with Gasteiger partial charge in [-0.15, -0.1) is 11.6 Å². The fourth-order valence-corrected chi connectivity index (χ4v) is 4.21. The highest BCUT2D eigenvalue weighted by atomic mass is 79.9. The Morgan fingerprint density at radius 2 is 1.74 bits per heavy atom. The summed E-state index contributed by atoms with van der Waals surface area (Å²) in [4.78, 5) is 0. The number of benzene rings is 1. The second-order valence-corrected chi connectivity index (χ2v) is 6.94. The second-order valence-electron chi connectivity index (χ2n) is 5.62. The maximum atomic E-state index is 6.71. The molecule has 3 unspecified atom stereocenters. The summed E-state index contributed by atoms with van der Waals surface area (Å²) >= 11 is 10.2. The molecule has 2 aliphatic rings. The van der Waals surface area contributed by atoms with E-state index in [2.05, 4.69) is 15.9 Å². The van der Waals surface area contributed by atoms with E-state index in [4.69, 9.17) is 21.1 Å². The minimum atomic E-state index is 0.0183. The van der Waals surface area contributed by atoms with E-state index in [0.717, 1.165) is 33.4 Å². The average molecular weight is 346 g/mol. The van der Waals surface area contributed by atoms with Crippen molar-refractivity contribution >= 4 is 27.5 Å². The maximum absolute atomic E-state index is 6.71. The van der Waals surface area contributed by atoms with Gasteiger partial charge in [0.25, 0.3) is 0 Å². The van der Waals surface area contributed by atoms with Crippen LogP contribution in [0.4, 0.5) is 0 Å². The van der Waals surface area contributed by atoms with Crippen LogP contribution in [-0.2, 0) is 0 Å². The summed E-state index contributed by atoms with van der Waals surface area (Å²) in [5.74, 6) is 4.10. The largest absolute Gasteiger partial charge is 0.496 e. The number of hydrogen-bond acceptors (Lipinski definition) is 2. The van der Waals surface area contributed by atoms with Crippen LogP contribution in [0, 0.1) is 17.8 Å². The number of methoxy groups -OCH3 is 2. The van der Waals surface area contributed by atoms with Crippen LogP contribution in [0.2, 0.25) is 0 Å². The molecule has 2 aliphatic carbocycles. The number of ether oxygens (including phenoxy) is 2. The molecule has 2 fully saturated rings. The highest BCUT2D eigenvalue weighted by molar-refractivity contribution is 9.10. The summed E-state index contributed by atoms with van der Waals surface area (Å²) in [5.41, 5.74) is 1.05. The Labute approximate surface area is 127 Å². The molecule has 0 spiro atoms. The van der Waals surface area contributed by atoms with Crippen molar-refractivity contribution in [2.24, 2.45) is 17.8 Å². The SMILES string of the molecule is COc1cc(C(Cl)C2CC3CC3C2)c(OC)cc1Br. The molecule has 0 bridgehead atoms. The van der Waals surface area contributed by atoms with Gasteiger partial charge < -0.3 is 9.47 Å². The lowest BCUT2D eigenvalue weighted by Crippen LogP contribution is -2.08. The number of hydrogen-bond donors (Lipinski definition) is 0. The minimum Gasteiger partial charge on any atom is -0.496 e. The summed E-state index contributed by atoms with van der Waals surface area (Å²) in [6.45, 7) is 0. The van der Waals surface area contributed by atoms with Gasteiger partial charge in [0.1, 0.15) is 11.5 Å². The summed E-state index contributed by atoms with van der Waals surface area (Å²) in [6, 6.07) is 3.95. The molecule has 1 aromatic rings. The minimum absolute atomic E-state index is 0.0183. The van der Waals surface area contributed by atoms with Gasteiger partial charge in [0.2, 0.25) is 0 Å².